The zero-order valence-electron chi connectivity index (χ0n) is 13.3. The summed E-state index contributed by atoms with van der Waals surface area (Å²) in [6, 6.07) is 5.82. The number of nitrogens with zero attached hydrogens (tertiary/aromatic N) is 1. The molecule has 1 heterocycles. The van der Waals surface area contributed by atoms with Gasteiger partial charge in [-0.05, 0) is 51.7 Å². The van der Waals surface area contributed by atoms with Gasteiger partial charge in [0.2, 0.25) is 11.8 Å². The first-order valence-corrected chi connectivity index (χ1v) is 8.35. The first-order valence-electron chi connectivity index (χ1n) is 7.47. The molecule has 0 saturated carbocycles. The van der Waals surface area contributed by atoms with Crippen molar-refractivity contribution in [1.82, 2.24) is 10.2 Å². The molecule has 1 aromatic rings. The van der Waals surface area contributed by atoms with E-state index in [4.69, 9.17) is 0 Å². The first-order chi connectivity index (χ1) is 10.5. The van der Waals surface area contributed by atoms with E-state index in [2.05, 4.69) is 15.5 Å². The lowest BCUT2D eigenvalue weighted by molar-refractivity contribution is -0.120. The average Bonchev–Trinajstić information content (AvgIpc) is 2.45. The van der Waals surface area contributed by atoms with Gasteiger partial charge in [0.15, 0.2) is 0 Å². The third-order valence-electron chi connectivity index (χ3n) is 3.44. The van der Waals surface area contributed by atoms with Crippen LogP contribution in [0.3, 0.4) is 0 Å². The van der Waals surface area contributed by atoms with Gasteiger partial charge in [-0.2, -0.15) is 0 Å². The summed E-state index contributed by atoms with van der Waals surface area (Å²) in [7, 11) is 4.03. The molecule has 1 aromatic carbocycles. The third kappa shape index (κ3) is 4.74. The van der Waals surface area contributed by atoms with Crippen molar-refractivity contribution in [2.24, 2.45) is 0 Å². The summed E-state index contributed by atoms with van der Waals surface area (Å²) in [5, 5.41) is 5.74. The summed E-state index contributed by atoms with van der Waals surface area (Å²) in [4.78, 5) is 26.8. The van der Waals surface area contributed by atoms with Gasteiger partial charge < -0.3 is 15.5 Å². The van der Waals surface area contributed by atoms with Crippen LogP contribution >= 0.6 is 11.8 Å². The molecule has 2 N–H and O–H groups in total. The number of hydrogen-bond acceptors (Lipinski definition) is 4. The van der Waals surface area contributed by atoms with Gasteiger partial charge >= 0.3 is 0 Å². The number of anilines is 1. The maximum atomic E-state index is 11.9. The number of carbonyl (C=O) groups is 2. The van der Waals surface area contributed by atoms with Crippen molar-refractivity contribution in [3.8, 4) is 0 Å². The second-order valence-electron chi connectivity index (χ2n) is 5.76. The van der Waals surface area contributed by atoms with Crippen LogP contribution in [-0.4, -0.2) is 49.1 Å². The lowest BCUT2D eigenvalue weighted by atomic mass is 10.1. The highest BCUT2D eigenvalue weighted by Gasteiger charge is 2.23. The monoisotopic (exact) mass is 321 g/mol. The van der Waals surface area contributed by atoms with E-state index in [-0.39, 0.29) is 17.1 Å². The van der Waals surface area contributed by atoms with Crippen LogP contribution in [0.25, 0.3) is 0 Å². The topological polar surface area (TPSA) is 61.4 Å². The number of carbonyl (C=O) groups excluding carboxylic acids is 2. The van der Waals surface area contributed by atoms with E-state index in [9.17, 15) is 9.59 Å². The summed E-state index contributed by atoms with van der Waals surface area (Å²) in [6.07, 6.45) is 1.28. The Balaban J connectivity index is 1.87. The van der Waals surface area contributed by atoms with E-state index >= 15 is 0 Å². The summed E-state index contributed by atoms with van der Waals surface area (Å²) in [5.41, 5.74) is 1.73. The molecule has 2 amide bonds. The molecule has 0 bridgehead atoms. The molecular formula is C16H23N3O2S. The summed E-state index contributed by atoms with van der Waals surface area (Å²) in [5.74, 6) is 0.0321. The highest BCUT2D eigenvalue weighted by atomic mass is 32.2. The normalized spacial score (nSPS) is 17.1. The molecule has 0 aromatic heterocycles. The van der Waals surface area contributed by atoms with E-state index in [1.165, 1.54) is 0 Å². The summed E-state index contributed by atoms with van der Waals surface area (Å²) in [6.45, 7) is 3.53. The van der Waals surface area contributed by atoms with Crippen LogP contribution < -0.4 is 10.6 Å². The smallest absolute Gasteiger partial charge is 0.237 e. The predicted octanol–water partition coefficient (Wildman–Crippen LogP) is 1.73. The van der Waals surface area contributed by atoms with Gasteiger partial charge in [-0.25, -0.2) is 0 Å². The van der Waals surface area contributed by atoms with Crippen molar-refractivity contribution in [3.63, 3.8) is 0 Å². The van der Waals surface area contributed by atoms with Crippen LogP contribution in [0.4, 0.5) is 5.69 Å². The Labute approximate surface area is 135 Å². The molecule has 0 radical (unpaired) electrons. The van der Waals surface area contributed by atoms with E-state index in [0.717, 1.165) is 29.1 Å². The van der Waals surface area contributed by atoms with Gasteiger partial charge in [-0.3, -0.25) is 9.59 Å². The van der Waals surface area contributed by atoms with Gasteiger partial charge in [0.05, 0.1) is 17.4 Å². The van der Waals surface area contributed by atoms with Gasteiger partial charge in [-0.15, -0.1) is 11.8 Å². The van der Waals surface area contributed by atoms with Crippen LogP contribution in [0.5, 0.6) is 0 Å². The first kappa shape index (κ1) is 16.8. The standard InChI is InChI=1S/C16H23N3O2S/c1-11-16(21)18-13-9-12(5-6-14(13)22-11)10-15(20)17-7-4-8-19(2)3/h5-6,9,11H,4,7-8,10H2,1-3H3,(H,17,20)(H,18,21). The fourth-order valence-electron chi connectivity index (χ4n) is 2.24. The Bertz CT molecular complexity index is 560. The molecule has 1 unspecified atom stereocenters. The molecule has 1 aliphatic heterocycles. The lowest BCUT2D eigenvalue weighted by Gasteiger charge is -2.21. The SMILES string of the molecule is CC1Sc2ccc(CC(=O)NCCCN(C)C)cc2NC1=O. The Hall–Kier alpha value is -1.53. The van der Waals surface area contributed by atoms with Crippen molar-refractivity contribution >= 4 is 29.3 Å². The highest BCUT2D eigenvalue weighted by molar-refractivity contribution is 8.00. The largest absolute Gasteiger partial charge is 0.356 e. The number of hydrogen-bond donors (Lipinski definition) is 2. The quantitative estimate of drug-likeness (QED) is 0.784. The molecule has 22 heavy (non-hydrogen) atoms. The molecule has 5 nitrogen and oxygen atoms in total. The number of fused-ring (bicyclic) bond motifs is 1. The van der Waals surface area contributed by atoms with Gasteiger partial charge in [0.25, 0.3) is 0 Å². The lowest BCUT2D eigenvalue weighted by Crippen LogP contribution is -2.29. The second kappa shape index (κ2) is 7.65. The number of rotatable bonds is 6. The molecule has 0 aliphatic carbocycles. The summed E-state index contributed by atoms with van der Waals surface area (Å²) >= 11 is 1.55. The molecule has 0 fully saturated rings. The molecule has 1 atom stereocenters. The summed E-state index contributed by atoms with van der Waals surface area (Å²) < 4.78 is 0. The fraction of sp³-hybridized carbons (Fsp3) is 0.500. The number of benzene rings is 1. The number of amides is 2. The van der Waals surface area contributed by atoms with Crippen LogP contribution in [0.1, 0.15) is 18.9 Å². The maximum Gasteiger partial charge on any atom is 0.237 e. The Morgan fingerprint density at radius 1 is 1.41 bits per heavy atom. The van der Waals surface area contributed by atoms with Crippen LogP contribution in [0, 0.1) is 0 Å². The maximum absolute atomic E-state index is 11.9. The van der Waals surface area contributed by atoms with E-state index in [1.54, 1.807) is 11.8 Å². The Morgan fingerprint density at radius 3 is 2.91 bits per heavy atom. The zero-order chi connectivity index (χ0) is 16.1. The molecule has 120 valence electrons. The number of nitrogens with one attached hydrogen (secondary N) is 2. The molecular weight excluding hydrogens is 298 g/mol. The third-order valence-corrected chi connectivity index (χ3v) is 4.62. The number of thioether (sulfide) groups is 1. The molecule has 1 aliphatic rings. The molecule has 6 heteroatoms. The average molecular weight is 321 g/mol. The Kier molecular flexibility index (Phi) is 5.85. The minimum atomic E-state index is -0.0710. The van der Waals surface area contributed by atoms with Crippen LogP contribution in [0.15, 0.2) is 23.1 Å². The van der Waals surface area contributed by atoms with Crippen LogP contribution in [-0.2, 0) is 16.0 Å². The Morgan fingerprint density at radius 2 is 2.18 bits per heavy atom. The minimum absolute atomic E-state index is 0.0156. The molecule has 2 rings (SSSR count). The van der Waals surface area contributed by atoms with Crippen molar-refractivity contribution in [3.05, 3.63) is 23.8 Å². The second-order valence-corrected chi connectivity index (χ2v) is 7.15. The molecule has 0 spiro atoms. The van der Waals surface area contributed by atoms with E-state index in [0.29, 0.717) is 13.0 Å². The predicted molar refractivity (Wildman–Crippen MR) is 90.3 cm³/mol. The van der Waals surface area contributed by atoms with Crippen molar-refractivity contribution in [2.45, 2.75) is 29.9 Å². The van der Waals surface area contributed by atoms with Gasteiger partial charge in [0.1, 0.15) is 0 Å². The van der Waals surface area contributed by atoms with E-state index < -0.39 is 0 Å². The van der Waals surface area contributed by atoms with Crippen molar-refractivity contribution in [2.75, 3.05) is 32.5 Å². The highest BCUT2D eigenvalue weighted by Crippen LogP contribution is 2.35. The zero-order valence-corrected chi connectivity index (χ0v) is 14.1. The van der Waals surface area contributed by atoms with Gasteiger partial charge in [0, 0.05) is 11.4 Å². The van der Waals surface area contributed by atoms with Crippen LogP contribution in [0.2, 0.25) is 0 Å². The van der Waals surface area contributed by atoms with Gasteiger partial charge in [-0.1, -0.05) is 6.07 Å². The van der Waals surface area contributed by atoms with E-state index in [1.807, 2.05) is 39.2 Å². The minimum Gasteiger partial charge on any atom is -0.356 e. The molecule has 0 saturated heterocycles. The fourth-order valence-corrected chi connectivity index (χ4v) is 3.17. The van der Waals surface area contributed by atoms with Crippen molar-refractivity contribution in [1.29, 1.82) is 0 Å². The van der Waals surface area contributed by atoms with Crippen molar-refractivity contribution < 1.29 is 9.59 Å².